The van der Waals surface area contributed by atoms with Gasteiger partial charge >= 0.3 is 0 Å². The van der Waals surface area contributed by atoms with Gasteiger partial charge in [0, 0.05) is 151 Å². The van der Waals surface area contributed by atoms with Crippen LogP contribution in [0.4, 0.5) is 0 Å². The molecule has 5 saturated heterocycles. The van der Waals surface area contributed by atoms with E-state index >= 15 is 0 Å². The second-order valence-electron chi connectivity index (χ2n) is 36.1. The monoisotopic (exact) mass is 1910 g/mol. The minimum absolute atomic E-state index is 0.0219. The van der Waals surface area contributed by atoms with Crippen LogP contribution in [0.15, 0.2) is 0 Å². The van der Waals surface area contributed by atoms with E-state index in [4.69, 9.17) is 47.4 Å². The molecule has 21 N–H and O–H groups in total. The smallest absolute Gasteiger partial charge is 0.222 e. The Morgan fingerprint density at radius 2 is 0.647 bits per heavy atom. The maximum absolute atomic E-state index is 14.1. The number of rotatable bonds is 66. The molecule has 44 nitrogen and oxygen atoms in total. The highest BCUT2D eigenvalue weighted by atomic mass is 16.7. The van der Waals surface area contributed by atoms with Gasteiger partial charge in [-0.1, -0.05) is 59.3 Å². The molecule has 0 aromatic rings. The van der Waals surface area contributed by atoms with Gasteiger partial charge in [0.1, 0.15) is 97.4 Å². The lowest BCUT2D eigenvalue weighted by Gasteiger charge is -2.46. The molecule has 44 heteroatoms. The van der Waals surface area contributed by atoms with Gasteiger partial charge in [0.15, 0.2) is 25.1 Å². The first-order valence-electron chi connectivity index (χ1n) is 47.7. The molecule has 0 aromatic heterocycles. The number of aliphatic hydroxyl groups is 10. The van der Waals surface area contributed by atoms with Crippen molar-refractivity contribution in [3.8, 4) is 0 Å². The molecule has 22 atom stereocenters. The van der Waals surface area contributed by atoms with Gasteiger partial charge in [-0.2, -0.15) is 0 Å². The van der Waals surface area contributed by atoms with Gasteiger partial charge in [0.05, 0.1) is 52.4 Å². The average Bonchev–Trinajstić information content (AvgIpc) is 1.19. The zero-order valence-corrected chi connectivity index (χ0v) is 78.8. The molecule has 5 fully saturated rings. The fourth-order valence-corrected chi connectivity index (χ4v) is 16.3. The number of hydrogen-bond donors (Lipinski definition) is 21. The lowest BCUT2D eigenvalue weighted by molar-refractivity contribution is -0.270. The minimum Gasteiger partial charge on any atom is -0.394 e. The van der Waals surface area contributed by atoms with Crippen molar-refractivity contribution in [1.82, 2.24) is 63.4 Å². The Labute approximate surface area is 780 Å². The van der Waals surface area contributed by atoms with Gasteiger partial charge in [-0.15, -0.1) is 0 Å². The Balaban J connectivity index is 1.17. The van der Waals surface area contributed by atoms with Crippen LogP contribution < -0.4 is 58.5 Å². The van der Waals surface area contributed by atoms with Gasteiger partial charge in [-0.05, 0) is 108 Å². The third-order valence-corrected chi connectivity index (χ3v) is 23.2. The second kappa shape index (κ2) is 64.8. The number of β-amino-alcohol motifs (C(OH)–C–C–N with tert-alkyl or cyclic N) is 1. The number of unbranched alkanes of at least 4 members (excludes halogenated alkanes) is 13. The topological polar surface area (TPSA) is 635 Å². The highest BCUT2D eigenvalue weighted by molar-refractivity contribution is 5.80. The zero-order chi connectivity index (χ0) is 97.8. The van der Waals surface area contributed by atoms with E-state index in [0.29, 0.717) is 122 Å². The van der Waals surface area contributed by atoms with Crippen molar-refractivity contribution in [3.05, 3.63) is 0 Å². The second-order valence-corrected chi connectivity index (χ2v) is 36.1. The van der Waals surface area contributed by atoms with Gasteiger partial charge in [-0.3, -0.25) is 57.5 Å². The summed E-state index contributed by atoms with van der Waals surface area (Å²) in [5.74, 6) is -4.20. The largest absolute Gasteiger partial charge is 0.394 e. The molecule has 5 aliphatic heterocycles. The number of nitrogens with one attached hydrogen (secondary N) is 11. The molecule has 0 spiro atoms. The van der Waals surface area contributed by atoms with E-state index in [-0.39, 0.29) is 152 Å². The number of ether oxygens (including phenoxy) is 10. The number of likely N-dealkylation sites (tertiary alicyclic amines) is 1. The SMILES string of the molecule is CC(=O)N[C@@H]1[C@@H](OCCC(=O)NCCCCNC(=O)CCCCO[C@@H]2O[C@H](CO)[C@H](O)[C@H](O)[C@H]2NC(C)=O)[C@H](OCCC(=O)NCCCCNC(=O)CCCCO[C@@H]2O[C@H](CO)[C@H](O)[C@H](O)[C@H]2NC(C)=O)[C@@H](COCCC(=O)NCCCCNC(=O)CCCCO[C@@H]2O[C@H](CO)[C@H](O)[C@H](O)[C@H]2NC(C)=O)O[C@H]1NC(=O)CCCCCCCCCCC(=O)N1C[C@H](O)C[C@H]1CC(C)(C)C. The lowest BCUT2D eigenvalue weighted by atomic mass is 9.87. The van der Waals surface area contributed by atoms with Gasteiger partial charge in [-0.25, -0.2) is 0 Å². The van der Waals surface area contributed by atoms with Crippen LogP contribution in [0, 0.1) is 5.41 Å². The highest BCUT2D eigenvalue weighted by Crippen LogP contribution is 2.33. The van der Waals surface area contributed by atoms with E-state index in [2.05, 4.69) is 79.3 Å². The van der Waals surface area contributed by atoms with Crippen molar-refractivity contribution >= 4 is 70.9 Å². The summed E-state index contributed by atoms with van der Waals surface area (Å²) in [6.45, 7) is 10.9. The van der Waals surface area contributed by atoms with Crippen LogP contribution in [-0.4, -0.2) is 373 Å². The Hall–Kier alpha value is -7.16. The van der Waals surface area contributed by atoms with Crippen molar-refractivity contribution in [2.75, 3.05) is 112 Å². The molecule has 0 saturated carbocycles. The van der Waals surface area contributed by atoms with Gasteiger partial charge < -0.3 is 162 Å². The molecule has 0 radical (unpaired) electrons. The molecule has 0 aliphatic carbocycles. The summed E-state index contributed by atoms with van der Waals surface area (Å²) in [7, 11) is 0. The van der Waals surface area contributed by atoms with Crippen LogP contribution in [-0.2, 0) is 105 Å². The molecular formula is C89H158N12O32. The van der Waals surface area contributed by atoms with Crippen LogP contribution in [0.5, 0.6) is 0 Å². The van der Waals surface area contributed by atoms with Crippen molar-refractivity contribution < 1.29 is 156 Å². The van der Waals surface area contributed by atoms with Crippen LogP contribution in [0.3, 0.4) is 0 Å². The van der Waals surface area contributed by atoms with Crippen molar-refractivity contribution in [3.63, 3.8) is 0 Å². The van der Waals surface area contributed by atoms with Crippen molar-refractivity contribution in [1.29, 1.82) is 0 Å². The van der Waals surface area contributed by atoms with Crippen molar-refractivity contribution in [2.45, 2.75) is 376 Å². The van der Waals surface area contributed by atoms with Crippen LogP contribution >= 0.6 is 0 Å². The first-order valence-corrected chi connectivity index (χ1v) is 47.7. The number of aliphatic hydroxyl groups excluding tert-OH is 10. The van der Waals surface area contributed by atoms with Crippen LogP contribution in [0.2, 0.25) is 0 Å². The molecule has 5 rings (SSSR count). The summed E-state index contributed by atoms with van der Waals surface area (Å²) < 4.78 is 59.9. The molecule has 5 heterocycles. The predicted octanol–water partition coefficient (Wildman–Crippen LogP) is -2.98. The summed E-state index contributed by atoms with van der Waals surface area (Å²) in [5, 5.41) is 132. The molecule has 766 valence electrons. The summed E-state index contributed by atoms with van der Waals surface area (Å²) in [6.07, 6.45) is -7.13. The Bertz CT molecular complexity index is 3430. The van der Waals surface area contributed by atoms with E-state index in [9.17, 15) is 109 Å². The predicted molar refractivity (Wildman–Crippen MR) is 476 cm³/mol. The third-order valence-electron chi connectivity index (χ3n) is 23.2. The van der Waals surface area contributed by atoms with Gasteiger partial charge in [0.2, 0.25) is 70.9 Å². The number of amides is 12. The van der Waals surface area contributed by atoms with Crippen molar-refractivity contribution in [2.24, 2.45) is 5.41 Å². The summed E-state index contributed by atoms with van der Waals surface area (Å²) in [4.78, 5) is 156. The highest BCUT2D eigenvalue weighted by Gasteiger charge is 2.51. The van der Waals surface area contributed by atoms with Crippen LogP contribution in [0.25, 0.3) is 0 Å². The molecule has 12 amide bonds. The molecule has 0 aromatic carbocycles. The molecule has 0 bridgehead atoms. The van der Waals surface area contributed by atoms with E-state index in [0.717, 1.165) is 51.4 Å². The standard InChI is InChI=1S/C89H158N12O32/c1-55(105)96-73-80(121)77(118)61(51-102)131-86(73)127-42-25-16-28-65(110)90-36-19-22-39-93-68(113)33-45-124-54-64-83(125-46-34-69(114)94-40-23-20-37-91-66(111)29-17-26-43-128-87-74(97-56(2)106)81(122)78(119)62(52-103)132-87)84(126-47-35-70(115)95-41-24-21-38-92-67(112)30-18-27-44-129-88-75(98-57(3)107)82(123)79(120)63(53-104)133-88)76(99-58(4)108)85(130-64)100-71(116)31-14-12-10-8-9-11-13-15-32-72(117)101-50-60(109)48-59(101)49-89(5,6)7/h59-64,73-88,102-104,109,118-123H,8-54H2,1-7H3,(H,90,110)(H,91,111)(H,92,112)(H,93,113)(H,94,114)(H,95,115)(H,96,105)(H,97,106)(H,98,107)(H,99,108)(H,100,116)/t59-,60+,61+,62+,63+,64+,73+,74+,75+,76+,77-,78-,79-,80+,81+,82+,83+,84+,85+,86+,87+,88+/m0/s1. The third kappa shape index (κ3) is 45.8. The average molecular weight is 1910 g/mol. The fraction of sp³-hybridized carbons (Fsp3) is 0.865. The minimum atomic E-state index is -1.47. The van der Waals surface area contributed by atoms with Gasteiger partial charge in [0.25, 0.3) is 0 Å². The number of nitrogens with zero attached hydrogens (tertiary/aromatic N) is 1. The number of carbonyl (C=O) groups excluding carboxylic acids is 12. The first-order chi connectivity index (χ1) is 63.5. The Morgan fingerprint density at radius 3 is 1.00 bits per heavy atom. The Kier molecular flexibility index (Phi) is 56.7. The van der Waals surface area contributed by atoms with E-state index in [1.54, 1.807) is 0 Å². The summed E-state index contributed by atoms with van der Waals surface area (Å²) in [6, 6.07) is -4.43. The molecular weight excluding hydrogens is 1750 g/mol. The molecule has 133 heavy (non-hydrogen) atoms. The zero-order valence-electron chi connectivity index (χ0n) is 78.8. The maximum atomic E-state index is 14.1. The Morgan fingerprint density at radius 1 is 0.331 bits per heavy atom. The van der Waals surface area contributed by atoms with E-state index in [1.807, 2.05) is 4.90 Å². The first kappa shape index (κ1) is 116. The summed E-state index contributed by atoms with van der Waals surface area (Å²) in [5.41, 5.74) is 0.0219. The maximum Gasteiger partial charge on any atom is 0.222 e. The molecule has 5 aliphatic rings. The quantitative estimate of drug-likeness (QED) is 0.0270. The van der Waals surface area contributed by atoms with E-state index < -0.39 is 190 Å². The van der Waals surface area contributed by atoms with Crippen LogP contribution in [0.1, 0.15) is 241 Å². The summed E-state index contributed by atoms with van der Waals surface area (Å²) >= 11 is 0. The lowest BCUT2D eigenvalue weighted by Crippen LogP contribution is -2.69. The molecule has 0 unspecified atom stereocenters. The number of carbonyl (C=O) groups is 12. The normalized spacial score (nSPS) is 27.0. The fourth-order valence-electron chi connectivity index (χ4n) is 16.3. The number of hydrogen-bond acceptors (Lipinski definition) is 32. The van der Waals surface area contributed by atoms with E-state index in [1.165, 1.54) is 27.7 Å².